The molecule has 0 saturated carbocycles. The van der Waals surface area contributed by atoms with Crippen LogP contribution < -0.4 is 5.32 Å². The zero-order valence-electron chi connectivity index (χ0n) is 15.4. The maximum absolute atomic E-state index is 6.31. The van der Waals surface area contributed by atoms with Gasteiger partial charge >= 0.3 is 0 Å². The highest BCUT2D eigenvalue weighted by atomic mass is 35.5. The van der Waals surface area contributed by atoms with Gasteiger partial charge in [-0.3, -0.25) is 0 Å². The lowest BCUT2D eigenvalue weighted by Crippen LogP contribution is -2.34. The maximum Gasteiger partial charge on any atom is 0.0985 e. The van der Waals surface area contributed by atoms with Crippen LogP contribution in [0.15, 0.2) is 18.2 Å². The van der Waals surface area contributed by atoms with E-state index in [1.165, 1.54) is 51.4 Å². The van der Waals surface area contributed by atoms with Crippen molar-refractivity contribution in [3.63, 3.8) is 0 Å². The first-order chi connectivity index (χ1) is 11.6. The number of ether oxygens (including phenoxy) is 1. The van der Waals surface area contributed by atoms with Crippen LogP contribution in [0.4, 0.5) is 0 Å². The van der Waals surface area contributed by atoms with E-state index in [9.17, 15) is 0 Å². The number of hydrogen-bond donors (Lipinski definition) is 1. The molecule has 2 nitrogen and oxygen atoms in total. The fourth-order valence-corrected chi connectivity index (χ4v) is 3.54. The lowest BCUT2D eigenvalue weighted by Gasteiger charge is -2.25. The molecule has 0 radical (unpaired) electrons. The van der Waals surface area contributed by atoms with Gasteiger partial charge in [0.15, 0.2) is 0 Å². The molecule has 2 atom stereocenters. The van der Waals surface area contributed by atoms with Crippen LogP contribution in [-0.2, 0) is 4.74 Å². The highest BCUT2D eigenvalue weighted by molar-refractivity contribution is 6.35. The molecule has 0 spiro atoms. The molecule has 0 fully saturated rings. The number of methoxy groups -OCH3 is 1. The Bertz CT molecular complexity index is 453. The van der Waals surface area contributed by atoms with Crippen LogP contribution in [0.25, 0.3) is 0 Å². The molecule has 1 N–H and O–H groups in total. The van der Waals surface area contributed by atoms with E-state index < -0.39 is 0 Å². The summed E-state index contributed by atoms with van der Waals surface area (Å²) in [7, 11) is 1.73. The van der Waals surface area contributed by atoms with Crippen LogP contribution in [0.3, 0.4) is 0 Å². The molecule has 1 aromatic rings. The van der Waals surface area contributed by atoms with Crippen molar-refractivity contribution in [1.29, 1.82) is 0 Å². The number of halogens is 2. The standard InChI is InChI=1S/C20H33Cl2NO/c1-4-5-6-7-8-9-10-11-14-23-16(2)20(24-3)18-13-12-17(21)15-19(18)22/h12-13,15-16,20,23H,4-11,14H2,1-3H3. The molecular formula is C20H33Cl2NO. The minimum atomic E-state index is -0.0659. The predicted molar refractivity (Wildman–Crippen MR) is 106 cm³/mol. The smallest absolute Gasteiger partial charge is 0.0985 e. The van der Waals surface area contributed by atoms with Crippen molar-refractivity contribution in [2.75, 3.05) is 13.7 Å². The first kappa shape index (κ1) is 21.8. The molecule has 0 amide bonds. The molecule has 1 aromatic carbocycles. The number of unbranched alkanes of at least 4 members (excludes halogenated alkanes) is 7. The summed E-state index contributed by atoms with van der Waals surface area (Å²) < 4.78 is 5.66. The molecule has 0 aromatic heterocycles. The Morgan fingerprint density at radius 1 is 1.00 bits per heavy atom. The fraction of sp³-hybridized carbons (Fsp3) is 0.700. The highest BCUT2D eigenvalue weighted by Gasteiger charge is 2.20. The molecule has 2 unspecified atom stereocenters. The summed E-state index contributed by atoms with van der Waals surface area (Å²) in [6.45, 7) is 5.42. The first-order valence-corrected chi connectivity index (χ1v) is 10.1. The Balaban J connectivity index is 2.26. The van der Waals surface area contributed by atoms with Gasteiger partial charge in [0, 0.05) is 28.8 Å². The zero-order valence-corrected chi connectivity index (χ0v) is 16.9. The normalized spacial score (nSPS) is 13.9. The lowest BCUT2D eigenvalue weighted by molar-refractivity contribution is 0.0735. The van der Waals surface area contributed by atoms with Gasteiger partial charge in [0.05, 0.1) is 6.10 Å². The van der Waals surface area contributed by atoms with Gasteiger partial charge in [-0.1, -0.05) is 81.1 Å². The molecule has 4 heteroatoms. The molecule has 0 aliphatic carbocycles. The summed E-state index contributed by atoms with van der Waals surface area (Å²) in [5.41, 5.74) is 0.986. The van der Waals surface area contributed by atoms with Crippen molar-refractivity contribution < 1.29 is 4.74 Å². The second-order valence-corrected chi connectivity index (χ2v) is 7.38. The number of rotatable bonds is 13. The average molecular weight is 374 g/mol. The zero-order chi connectivity index (χ0) is 17.8. The van der Waals surface area contributed by atoms with Crippen LogP contribution in [0, 0.1) is 0 Å². The first-order valence-electron chi connectivity index (χ1n) is 9.31. The van der Waals surface area contributed by atoms with Crippen molar-refractivity contribution in [1.82, 2.24) is 5.32 Å². The Hall–Kier alpha value is -0.280. The van der Waals surface area contributed by atoms with E-state index in [4.69, 9.17) is 27.9 Å². The van der Waals surface area contributed by atoms with Crippen molar-refractivity contribution in [2.24, 2.45) is 0 Å². The van der Waals surface area contributed by atoms with E-state index in [1.54, 1.807) is 13.2 Å². The third-order valence-corrected chi connectivity index (χ3v) is 5.04. The van der Waals surface area contributed by atoms with E-state index in [0.29, 0.717) is 10.0 Å². The van der Waals surface area contributed by atoms with Gasteiger partial charge in [0.25, 0.3) is 0 Å². The Morgan fingerprint density at radius 3 is 2.21 bits per heavy atom. The summed E-state index contributed by atoms with van der Waals surface area (Å²) in [5.74, 6) is 0. The summed E-state index contributed by atoms with van der Waals surface area (Å²) in [6.07, 6.45) is 10.6. The number of nitrogens with one attached hydrogen (secondary N) is 1. The van der Waals surface area contributed by atoms with Crippen molar-refractivity contribution in [3.05, 3.63) is 33.8 Å². The van der Waals surface area contributed by atoms with Crippen LogP contribution in [0.2, 0.25) is 10.0 Å². The molecule has 1 rings (SSSR count). The minimum absolute atomic E-state index is 0.0659. The van der Waals surface area contributed by atoms with E-state index in [-0.39, 0.29) is 12.1 Å². The highest BCUT2D eigenvalue weighted by Crippen LogP contribution is 2.30. The molecule has 138 valence electrons. The quantitative estimate of drug-likeness (QED) is 0.383. The molecule has 0 aliphatic rings. The Labute approximate surface area is 158 Å². The maximum atomic E-state index is 6.31. The van der Waals surface area contributed by atoms with Crippen molar-refractivity contribution >= 4 is 23.2 Å². The van der Waals surface area contributed by atoms with Gasteiger partial charge in [-0.2, -0.15) is 0 Å². The summed E-state index contributed by atoms with van der Waals surface area (Å²) in [6, 6.07) is 5.79. The van der Waals surface area contributed by atoms with E-state index in [1.807, 2.05) is 12.1 Å². The molecule has 0 aliphatic heterocycles. The lowest BCUT2D eigenvalue weighted by atomic mass is 10.0. The molecule has 0 heterocycles. The van der Waals surface area contributed by atoms with Crippen LogP contribution in [-0.4, -0.2) is 19.7 Å². The summed E-state index contributed by atoms with van der Waals surface area (Å²) in [5, 5.41) is 4.88. The monoisotopic (exact) mass is 373 g/mol. The Kier molecular flexibility index (Phi) is 11.8. The van der Waals surface area contributed by atoms with Gasteiger partial charge in [0.2, 0.25) is 0 Å². The second-order valence-electron chi connectivity index (χ2n) is 6.54. The fourth-order valence-electron chi connectivity index (χ4n) is 3.03. The van der Waals surface area contributed by atoms with E-state index in [2.05, 4.69) is 19.2 Å². The van der Waals surface area contributed by atoms with Gasteiger partial charge in [0.1, 0.15) is 0 Å². The molecule has 0 bridgehead atoms. The Morgan fingerprint density at radius 2 is 1.62 bits per heavy atom. The van der Waals surface area contributed by atoms with Crippen molar-refractivity contribution in [2.45, 2.75) is 77.4 Å². The van der Waals surface area contributed by atoms with Gasteiger partial charge in [-0.25, -0.2) is 0 Å². The van der Waals surface area contributed by atoms with Crippen molar-refractivity contribution in [3.8, 4) is 0 Å². The van der Waals surface area contributed by atoms with Crippen LogP contribution >= 0.6 is 23.2 Å². The number of hydrogen-bond acceptors (Lipinski definition) is 2. The third-order valence-electron chi connectivity index (χ3n) is 4.47. The largest absolute Gasteiger partial charge is 0.375 e. The SMILES string of the molecule is CCCCCCCCCCNC(C)C(OC)c1ccc(Cl)cc1Cl. The molecular weight excluding hydrogens is 341 g/mol. The second kappa shape index (κ2) is 13.0. The van der Waals surface area contributed by atoms with Gasteiger partial charge in [-0.05, 0) is 32.0 Å². The van der Waals surface area contributed by atoms with Gasteiger partial charge < -0.3 is 10.1 Å². The predicted octanol–water partition coefficient (Wildman–Crippen LogP) is 6.80. The minimum Gasteiger partial charge on any atom is -0.375 e. The molecule has 24 heavy (non-hydrogen) atoms. The van der Waals surface area contributed by atoms with E-state index >= 15 is 0 Å². The van der Waals surface area contributed by atoms with E-state index in [0.717, 1.165) is 12.1 Å². The summed E-state index contributed by atoms with van der Waals surface area (Å²) >= 11 is 12.3. The molecule has 0 saturated heterocycles. The van der Waals surface area contributed by atoms with Gasteiger partial charge in [-0.15, -0.1) is 0 Å². The summed E-state index contributed by atoms with van der Waals surface area (Å²) in [4.78, 5) is 0. The van der Waals surface area contributed by atoms with Crippen LogP contribution in [0.5, 0.6) is 0 Å². The third kappa shape index (κ3) is 8.20. The van der Waals surface area contributed by atoms with Crippen LogP contribution in [0.1, 0.15) is 76.9 Å². The average Bonchev–Trinajstić information content (AvgIpc) is 2.56. The topological polar surface area (TPSA) is 21.3 Å². The number of benzene rings is 1.